The quantitative estimate of drug-likeness (QED) is 0.588. The molecule has 0 aliphatic carbocycles. The Morgan fingerprint density at radius 3 is 2.70 bits per heavy atom. The number of fused-ring (bicyclic) bond motifs is 2. The van der Waals surface area contributed by atoms with Gasteiger partial charge in [0.1, 0.15) is 12.4 Å². The fourth-order valence-corrected chi connectivity index (χ4v) is 5.47. The second-order valence-electron chi connectivity index (χ2n) is 8.24. The summed E-state index contributed by atoms with van der Waals surface area (Å²) >= 11 is 0. The molecule has 0 bridgehead atoms. The summed E-state index contributed by atoms with van der Waals surface area (Å²) in [6.07, 6.45) is 0.594. The molecule has 0 saturated heterocycles. The van der Waals surface area contributed by atoms with Crippen LogP contribution >= 0.6 is 0 Å². The Morgan fingerprint density at radius 1 is 1.18 bits per heavy atom. The van der Waals surface area contributed by atoms with Crippen molar-refractivity contribution in [1.82, 2.24) is 14.1 Å². The zero-order valence-electron chi connectivity index (χ0n) is 18.0. The van der Waals surface area contributed by atoms with Crippen LogP contribution in [0.5, 0.6) is 5.75 Å². The SMILES string of the molecule is C[C@H](O)[C@H](C(=O)N1Cc2cn(S(=O)(=O)c3ccc4c(c3)NCCO4)nc2C1)c1ccccc1. The van der Waals surface area contributed by atoms with Gasteiger partial charge in [-0.15, -0.1) is 0 Å². The van der Waals surface area contributed by atoms with Gasteiger partial charge in [0, 0.05) is 24.8 Å². The minimum atomic E-state index is -3.89. The maximum Gasteiger partial charge on any atom is 0.283 e. The van der Waals surface area contributed by atoms with Gasteiger partial charge in [0.05, 0.1) is 34.8 Å². The topological polar surface area (TPSA) is 114 Å². The molecule has 2 atom stereocenters. The average molecular weight is 469 g/mol. The Kier molecular flexibility index (Phi) is 5.34. The maximum absolute atomic E-state index is 13.2. The van der Waals surface area contributed by atoms with E-state index in [0.29, 0.717) is 35.8 Å². The van der Waals surface area contributed by atoms with Crippen molar-refractivity contribution in [2.24, 2.45) is 0 Å². The molecular weight excluding hydrogens is 444 g/mol. The molecule has 0 fully saturated rings. The van der Waals surface area contributed by atoms with E-state index in [2.05, 4.69) is 10.4 Å². The van der Waals surface area contributed by atoms with E-state index in [-0.39, 0.29) is 23.9 Å². The van der Waals surface area contributed by atoms with E-state index >= 15 is 0 Å². The highest BCUT2D eigenvalue weighted by Crippen LogP contribution is 2.32. The third kappa shape index (κ3) is 3.85. The number of amides is 1. The Labute approximate surface area is 191 Å². The molecule has 9 nitrogen and oxygen atoms in total. The van der Waals surface area contributed by atoms with Crippen LogP contribution in [0.25, 0.3) is 0 Å². The number of carbonyl (C=O) groups is 1. The van der Waals surface area contributed by atoms with Gasteiger partial charge >= 0.3 is 0 Å². The molecule has 3 aromatic rings. The zero-order chi connectivity index (χ0) is 23.2. The molecule has 10 heteroatoms. The van der Waals surface area contributed by atoms with Gasteiger partial charge in [0.25, 0.3) is 10.0 Å². The van der Waals surface area contributed by atoms with Crippen LogP contribution in [-0.2, 0) is 27.9 Å². The number of aromatic nitrogens is 2. The molecule has 1 aromatic heterocycles. The summed E-state index contributed by atoms with van der Waals surface area (Å²) in [5.41, 5.74) is 2.57. The Bertz CT molecular complexity index is 1280. The average Bonchev–Trinajstić information content (AvgIpc) is 3.39. The summed E-state index contributed by atoms with van der Waals surface area (Å²) in [5.74, 6) is -0.302. The number of anilines is 1. The predicted molar refractivity (Wildman–Crippen MR) is 120 cm³/mol. The number of rotatable bonds is 5. The molecule has 172 valence electrons. The van der Waals surface area contributed by atoms with Crippen LogP contribution in [0.1, 0.15) is 29.7 Å². The predicted octanol–water partition coefficient (Wildman–Crippen LogP) is 1.93. The first kappa shape index (κ1) is 21.5. The number of nitrogens with one attached hydrogen (secondary N) is 1. The first-order chi connectivity index (χ1) is 15.8. The molecule has 2 N–H and O–H groups in total. The van der Waals surface area contributed by atoms with Crippen molar-refractivity contribution in [3.8, 4) is 5.75 Å². The molecule has 0 unspecified atom stereocenters. The normalized spacial score (nSPS) is 16.8. The standard InChI is InChI=1S/C23H24N4O5S/c1-15(28)22(16-5-3-2-4-6-16)23(29)26-12-17-13-27(25-20(17)14-26)33(30,31)18-7-8-21-19(11-18)24-9-10-32-21/h2-8,11,13,15,22,24,28H,9-10,12,14H2,1H3/t15-,22-/m0/s1. The van der Waals surface area contributed by atoms with Crippen molar-refractivity contribution in [3.05, 3.63) is 71.5 Å². The van der Waals surface area contributed by atoms with E-state index in [1.807, 2.05) is 30.3 Å². The lowest BCUT2D eigenvalue weighted by Gasteiger charge is -2.25. The van der Waals surface area contributed by atoms with Crippen molar-refractivity contribution in [2.45, 2.75) is 36.9 Å². The fourth-order valence-electron chi connectivity index (χ4n) is 4.28. The summed E-state index contributed by atoms with van der Waals surface area (Å²) in [6.45, 7) is 3.15. The fraction of sp³-hybridized carbons (Fsp3) is 0.304. The van der Waals surface area contributed by atoms with Crippen LogP contribution < -0.4 is 10.1 Å². The maximum atomic E-state index is 13.2. The van der Waals surface area contributed by atoms with E-state index in [9.17, 15) is 18.3 Å². The minimum absolute atomic E-state index is 0.103. The molecule has 5 rings (SSSR count). The molecule has 0 radical (unpaired) electrons. The Balaban J connectivity index is 1.37. The van der Waals surface area contributed by atoms with Gasteiger partial charge < -0.3 is 20.1 Å². The van der Waals surface area contributed by atoms with Gasteiger partial charge in [-0.25, -0.2) is 0 Å². The highest BCUT2D eigenvalue weighted by Gasteiger charge is 2.35. The molecule has 33 heavy (non-hydrogen) atoms. The largest absolute Gasteiger partial charge is 0.490 e. The van der Waals surface area contributed by atoms with E-state index in [4.69, 9.17) is 4.74 Å². The van der Waals surface area contributed by atoms with Gasteiger partial charge in [0.15, 0.2) is 0 Å². The minimum Gasteiger partial charge on any atom is -0.490 e. The van der Waals surface area contributed by atoms with Crippen LogP contribution in [0.15, 0.2) is 59.6 Å². The molecule has 0 saturated carbocycles. The highest BCUT2D eigenvalue weighted by atomic mass is 32.2. The van der Waals surface area contributed by atoms with E-state index in [1.54, 1.807) is 24.0 Å². The first-order valence-corrected chi connectivity index (χ1v) is 12.1. The Morgan fingerprint density at radius 2 is 1.97 bits per heavy atom. The second-order valence-corrected chi connectivity index (χ2v) is 10.0. The lowest BCUT2D eigenvalue weighted by atomic mass is 9.93. The van der Waals surface area contributed by atoms with E-state index in [0.717, 1.165) is 9.65 Å². The third-order valence-corrected chi connectivity index (χ3v) is 7.48. The van der Waals surface area contributed by atoms with Crippen LogP contribution in [-0.4, -0.2) is 52.8 Å². The third-order valence-electron chi connectivity index (χ3n) is 5.95. The van der Waals surface area contributed by atoms with Crippen LogP contribution in [0.2, 0.25) is 0 Å². The number of nitrogens with zero attached hydrogens (tertiary/aromatic N) is 3. The monoisotopic (exact) mass is 468 g/mol. The zero-order valence-corrected chi connectivity index (χ0v) is 18.8. The number of hydrogen-bond donors (Lipinski definition) is 2. The first-order valence-electron chi connectivity index (χ1n) is 10.7. The van der Waals surface area contributed by atoms with Crippen molar-refractivity contribution < 1.29 is 23.1 Å². The van der Waals surface area contributed by atoms with Crippen molar-refractivity contribution in [2.75, 3.05) is 18.5 Å². The number of ether oxygens (including phenoxy) is 1. The van der Waals surface area contributed by atoms with Crippen LogP contribution in [0.3, 0.4) is 0 Å². The van der Waals surface area contributed by atoms with Crippen LogP contribution in [0.4, 0.5) is 5.69 Å². The number of aliphatic hydroxyl groups is 1. The summed E-state index contributed by atoms with van der Waals surface area (Å²) in [6, 6.07) is 13.8. The van der Waals surface area contributed by atoms with Crippen molar-refractivity contribution in [1.29, 1.82) is 0 Å². The second kappa shape index (κ2) is 8.20. The van der Waals surface area contributed by atoms with Crippen molar-refractivity contribution >= 4 is 21.6 Å². The summed E-state index contributed by atoms with van der Waals surface area (Å²) in [5, 5.41) is 17.7. The summed E-state index contributed by atoms with van der Waals surface area (Å²) < 4.78 is 32.8. The molecule has 0 spiro atoms. The van der Waals surface area contributed by atoms with Gasteiger partial charge in [-0.1, -0.05) is 30.3 Å². The number of aliphatic hydroxyl groups excluding tert-OH is 1. The molecule has 3 heterocycles. The molecule has 2 aliphatic heterocycles. The van der Waals surface area contributed by atoms with Crippen molar-refractivity contribution in [3.63, 3.8) is 0 Å². The molecule has 1 amide bonds. The van der Waals surface area contributed by atoms with Gasteiger partial charge in [0.2, 0.25) is 5.91 Å². The smallest absolute Gasteiger partial charge is 0.283 e. The molecule has 2 aliphatic rings. The van der Waals surface area contributed by atoms with Gasteiger partial charge in [-0.2, -0.15) is 17.6 Å². The van der Waals surface area contributed by atoms with Crippen LogP contribution in [0, 0.1) is 0 Å². The lowest BCUT2D eigenvalue weighted by molar-refractivity contribution is -0.135. The highest BCUT2D eigenvalue weighted by molar-refractivity contribution is 7.89. The number of hydrogen-bond acceptors (Lipinski definition) is 7. The number of benzene rings is 2. The van der Waals surface area contributed by atoms with E-state index < -0.39 is 22.0 Å². The number of carbonyl (C=O) groups excluding carboxylic acids is 1. The van der Waals surface area contributed by atoms with Gasteiger partial charge in [-0.3, -0.25) is 4.79 Å². The van der Waals surface area contributed by atoms with Gasteiger partial charge in [-0.05, 0) is 30.7 Å². The summed E-state index contributed by atoms with van der Waals surface area (Å²) in [4.78, 5) is 14.9. The lowest BCUT2D eigenvalue weighted by Crippen LogP contribution is -2.36. The molecular formula is C23H24N4O5S. The Hall–Kier alpha value is -3.37. The summed E-state index contributed by atoms with van der Waals surface area (Å²) in [7, 11) is -3.89. The van der Waals surface area contributed by atoms with E-state index in [1.165, 1.54) is 12.3 Å². The molecule has 2 aromatic carbocycles.